The first-order valence-corrected chi connectivity index (χ1v) is 7.71. The monoisotopic (exact) mass is 306 g/mol. The topological polar surface area (TPSA) is 43.8 Å². The molecule has 0 unspecified atom stereocenters. The Hall–Kier alpha value is -1.52. The quantitative estimate of drug-likeness (QED) is 0.869. The summed E-state index contributed by atoms with van der Waals surface area (Å²) in [5.74, 6) is -0.945. The average Bonchev–Trinajstić information content (AvgIpc) is 3.30. The summed E-state index contributed by atoms with van der Waals surface area (Å²) in [6, 6.07) is 6.48. The number of hydrogen-bond acceptors (Lipinski definition) is 3. The Balaban J connectivity index is 1.76. The number of nitrogens with zero attached hydrogens (tertiary/aromatic N) is 2. The Kier molecular flexibility index (Phi) is 4.17. The number of hydrogen-bond donors (Lipinski definition) is 1. The standard InChI is InChI=1S/C16H19ClN2O2/c17-13-2-5-15(12(11-13)1-6-16(20)21)19-9-7-18(8-10-19)14-3-4-14/h1-2,5-6,11,14H,3-4,7-10H2,(H,20,21)/b6-1+. The minimum Gasteiger partial charge on any atom is -0.478 e. The minimum atomic E-state index is -0.945. The van der Waals surface area contributed by atoms with Gasteiger partial charge in [-0.25, -0.2) is 4.79 Å². The fourth-order valence-electron chi connectivity index (χ4n) is 2.88. The van der Waals surface area contributed by atoms with E-state index in [9.17, 15) is 4.79 Å². The second-order valence-corrected chi connectivity index (χ2v) is 6.07. The Labute approximate surface area is 129 Å². The van der Waals surface area contributed by atoms with Crippen molar-refractivity contribution in [1.29, 1.82) is 0 Å². The summed E-state index contributed by atoms with van der Waals surface area (Å²) >= 11 is 6.04. The molecule has 0 bridgehead atoms. The van der Waals surface area contributed by atoms with E-state index >= 15 is 0 Å². The largest absolute Gasteiger partial charge is 0.478 e. The number of piperazine rings is 1. The van der Waals surface area contributed by atoms with Gasteiger partial charge in [-0.05, 0) is 42.7 Å². The molecule has 1 aromatic rings. The van der Waals surface area contributed by atoms with Gasteiger partial charge < -0.3 is 10.0 Å². The number of carbonyl (C=O) groups is 1. The first-order valence-electron chi connectivity index (χ1n) is 7.33. The molecule has 1 N–H and O–H groups in total. The highest BCUT2D eigenvalue weighted by Gasteiger charge is 2.31. The molecule has 112 valence electrons. The van der Waals surface area contributed by atoms with Crippen LogP contribution in [-0.4, -0.2) is 48.2 Å². The summed E-state index contributed by atoms with van der Waals surface area (Å²) in [7, 11) is 0. The summed E-state index contributed by atoms with van der Waals surface area (Å²) in [6.45, 7) is 4.11. The molecule has 1 saturated heterocycles. The summed E-state index contributed by atoms with van der Waals surface area (Å²) < 4.78 is 0. The fourth-order valence-corrected chi connectivity index (χ4v) is 3.06. The Morgan fingerprint density at radius 1 is 1.24 bits per heavy atom. The van der Waals surface area contributed by atoms with Crippen LogP contribution in [0.25, 0.3) is 6.08 Å². The van der Waals surface area contributed by atoms with Crippen molar-refractivity contribution in [2.45, 2.75) is 18.9 Å². The van der Waals surface area contributed by atoms with Crippen LogP contribution in [0.4, 0.5) is 5.69 Å². The van der Waals surface area contributed by atoms with Crippen LogP contribution in [0.5, 0.6) is 0 Å². The summed E-state index contributed by atoms with van der Waals surface area (Å²) in [6.07, 6.45) is 5.47. The maximum absolute atomic E-state index is 10.7. The molecular weight excluding hydrogens is 288 g/mol. The predicted molar refractivity (Wildman–Crippen MR) is 84.9 cm³/mol. The van der Waals surface area contributed by atoms with Gasteiger partial charge in [0.05, 0.1) is 0 Å². The zero-order valence-corrected chi connectivity index (χ0v) is 12.6. The van der Waals surface area contributed by atoms with Gasteiger partial charge in [-0.2, -0.15) is 0 Å². The van der Waals surface area contributed by atoms with Crippen molar-refractivity contribution in [2.75, 3.05) is 31.1 Å². The molecule has 0 spiro atoms. The zero-order valence-electron chi connectivity index (χ0n) is 11.8. The smallest absolute Gasteiger partial charge is 0.328 e. The van der Waals surface area contributed by atoms with Gasteiger partial charge in [-0.1, -0.05) is 11.6 Å². The second-order valence-electron chi connectivity index (χ2n) is 5.63. The molecule has 1 heterocycles. The molecule has 1 aromatic carbocycles. The van der Waals surface area contributed by atoms with Gasteiger partial charge in [0.25, 0.3) is 0 Å². The molecule has 2 fully saturated rings. The molecular formula is C16H19ClN2O2. The van der Waals surface area contributed by atoms with Crippen molar-refractivity contribution < 1.29 is 9.90 Å². The van der Waals surface area contributed by atoms with Crippen molar-refractivity contribution in [1.82, 2.24) is 4.90 Å². The molecule has 3 rings (SSSR count). The van der Waals surface area contributed by atoms with E-state index in [1.165, 1.54) is 12.8 Å². The highest BCUT2D eigenvalue weighted by Crippen LogP contribution is 2.30. The number of benzene rings is 1. The minimum absolute atomic E-state index is 0.625. The number of aliphatic carboxylic acids is 1. The summed E-state index contributed by atoms with van der Waals surface area (Å²) in [4.78, 5) is 15.6. The molecule has 0 aromatic heterocycles. The molecule has 21 heavy (non-hydrogen) atoms. The van der Waals surface area contributed by atoms with Crippen LogP contribution in [0.2, 0.25) is 5.02 Å². The number of rotatable bonds is 4. The first kappa shape index (κ1) is 14.4. The summed E-state index contributed by atoms with van der Waals surface area (Å²) in [5.41, 5.74) is 1.93. The molecule has 4 nitrogen and oxygen atoms in total. The van der Waals surface area contributed by atoms with E-state index in [1.54, 1.807) is 6.08 Å². The first-order chi connectivity index (χ1) is 10.1. The third-order valence-electron chi connectivity index (χ3n) is 4.11. The maximum Gasteiger partial charge on any atom is 0.328 e. The third kappa shape index (κ3) is 3.57. The van der Waals surface area contributed by atoms with Crippen LogP contribution < -0.4 is 4.90 Å². The number of anilines is 1. The van der Waals surface area contributed by atoms with Gasteiger partial charge in [0.15, 0.2) is 0 Å². The van der Waals surface area contributed by atoms with Crippen LogP contribution in [0.15, 0.2) is 24.3 Å². The Morgan fingerprint density at radius 2 is 1.95 bits per heavy atom. The highest BCUT2D eigenvalue weighted by molar-refractivity contribution is 6.30. The third-order valence-corrected chi connectivity index (χ3v) is 4.35. The van der Waals surface area contributed by atoms with Crippen molar-refractivity contribution in [2.24, 2.45) is 0 Å². The molecule has 1 saturated carbocycles. The SMILES string of the molecule is O=C(O)/C=C/c1cc(Cl)ccc1N1CCN(C2CC2)CC1. The lowest BCUT2D eigenvalue weighted by atomic mass is 10.1. The number of carboxylic acids is 1. The highest BCUT2D eigenvalue weighted by atomic mass is 35.5. The van der Waals surface area contributed by atoms with E-state index in [0.717, 1.165) is 49.5 Å². The maximum atomic E-state index is 10.7. The van der Waals surface area contributed by atoms with Crippen LogP contribution >= 0.6 is 11.6 Å². The van der Waals surface area contributed by atoms with Gasteiger partial charge in [0.2, 0.25) is 0 Å². The molecule has 1 aliphatic carbocycles. The molecule has 0 atom stereocenters. The van der Waals surface area contributed by atoms with Crippen molar-refractivity contribution in [3.63, 3.8) is 0 Å². The van der Waals surface area contributed by atoms with E-state index in [1.807, 2.05) is 18.2 Å². The van der Waals surface area contributed by atoms with Gasteiger partial charge in [-0.15, -0.1) is 0 Å². The Morgan fingerprint density at radius 3 is 2.57 bits per heavy atom. The molecule has 1 aliphatic heterocycles. The lowest BCUT2D eigenvalue weighted by Crippen LogP contribution is -2.47. The van der Waals surface area contributed by atoms with Crippen molar-refractivity contribution >= 4 is 29.3 Å². The van der Waals surface area contributed by atoms with E-state index in [-0.39, 0.29) is 0 Å². The van der Waals surface area contributed by atoms with E-state index in [0.29, 0.717) is 5.02 Å². The van der Waals surface area contributed by atoms with E-state index in [4.69, 9.17) is 16.7 Å². The molecule has 0 radical (unpaired) electrons. The van der Waals surface area contributed by atoms with Crippen LogP contribution in [-0.2, 0) is 4.79 Å². The average molecular weight is 307 g/mol. The van der Waals surface area contributed by atoms with E-state index in [2.05, 4.69) is 9.80 Å². The van der Waals surface area contributed by atoms with Crippen LogP contribution in [0.3, 0.4) is 0 Å². The second kappa shape index (κ2) is 6.08. The number of carboxylic acid groups (broad SMARTS) is 1. The molecule has 5 heteroatoms. The summed E-state index contributed by atoms with van der Waals surface area (Å²) in [5, 5.41) is 9.43. The van der Waals surface area contributed by atoms with Crippen molar-refractivity contribution in [3.05, 3.63) is 34.9 Å². The van der Waals surface area contributed by atoms with Gasteiger partial charge in [0.1, 0.15) is 0 Å². The lowest BCUT2D eigenvalue weighted by molar-refractivity contribution is -0.131. The molecule has 2 aliphatic rings. The van der Waals surface area contributed by atoms with Gasteiger partial charge in [0, 0.05) is 49.0 Å². The zero-order chi connectivity index (χ0) is 14.8. The normalized spacial score (nSPS) is 20.1. The number of halogens is 1. The van der Waals surface area contributed by atoms with Crippen LogP contribution in [0.1, 0.15) is 18.4 Å². The van der Waals surface area contributed by atoms with Gasteiger partial charge in [-0.3, -0.25) is 4.90 Å². The molecule has 0 amide bonds. The van der Waals surface area contributed by atoms with Crippen molar-refractivity contribution in [3.8, 4) is 0 Å². The Bertz CT molecular complexity index is 561. The van der Waals surface area contributed by atoms with Crippen LogP contribution in [0, 0.1) is 0 Å². The van der Waals surface area contributed by atoms with E-state index < -0.39 is 5.97 Å². The predicted octanol–water partition coefficient (Wildman–Crippen LogP) is 2.72. The van der Waals surface area contributed by atoms with Gasteiger partial charge >= 0.3 is 5.97 Å². The fraction of sp³-hybridized carbons (Fsp3) is 0.438. The lowest BCUT2D eigenvalue weighted by Gasteiger charge is -2.37.